The molecule has 0 fully saturated rings. The van der Waals surface area contributed by atoms with Crippen molar-refractivity contribution in [2.24, 2.45) is 0 Å². The summed E-state index contributed by atoms with van der Waals surface area (Å²) in [4.78, 5) is 0. The fourth-order valence-electron chi connectivity index (χ4n) is 2.01. The molecule has 1 heteroatoms. The van der Waals surface area contributed by atoms with Crippen LogP contribution in [-0.4, -0.2) is 15.0 Å². The molecule has 1 heterocycles. The topological polar surface area (TPSA) is 0 Å². The van der Waals surface area contributed by atoms with Crippen molar-refractivity contribution in [2.45, 2.75) is 39.0 Å². The van der Waals surface area contributed by atoms with Crippen molar-refractivity contribution >= 4 is 25.5 Å². The third-order valence-corrected chi connectivity index (χ3v) is 5.50. The Kier molecular flexibility index (Phi) is 5.09. The van der Waals surface area contributed by atoms with E-state index < -0.39 is 0 Å². The van der Waals surface area contributed by atoms with Gasteiger partial charge in [-0.2, -0.15) is 0 Å². The van der Waals surface area contributed by atoms with Crippen LogP contribution in [0.4, 0.5) is 0 Å². The Morgan fingerprint density at radius 2 is 1.94 bits per heavy atom. The van der Waals surface area contributed by atoms with Crippen molar-refractivity contribution in [3.05, 3.63) is 46.5 Å². The van der Waals surface area contributed by atoms with Crippen molar-refractivity contribution in [3.8, 4) is 0 Å². The summed E-state index contributed by atoms with van der Waals surface area (Å²) >= 11 is 0.534. The number of benzene rings is 1. The Morgan fingerprint density at radius 1 is 1.06 bits per heavy atom. The molecule has 0 saturated heterocycles. The second-order valence-corrected chi connectivity index (χ2v) is 6.89. The summed E-state index contributed by atoms with van der Waals surface area (Å²) in [6.07, 6.45) is 13.6. The monoisotopic (exact) mass is 292 g/mol. The number of rotatable bonds is 5. The minimum absolute atomic E-state index is 0.534. The summed E-state index contributed by atoms with van der Waals surface area (Å²) < 4.78 is 3.19. The normalized spacial score (nSPS) is 14.1. The fraction of sp³-hybridized carbons (Fsp3) is 0.375. The number of hydrogen-bond donors (Lipinski definition) is 0. The zero-order valence-electron chi connectivity index (χ0n) is 10.5. The van der Waals surface area contributed by atoms with Crippen LogP contribution >= 0.6 is 0 Å². The number of allylic oxidation sites excluding steroid dienone is 3. The van der Waals surface area contributed by atoms with Crippen LogP contribution in [0.15, 0.2) is 40.9 Å². The zero-order valence-corrected chi connectivity index (χ0v) is 12.2. The Morgan fingerprint density at radius 3 is 2.82 bits per heavy atom. The standard InChI is InChI=1S/C16H20Se/c1-2-3-4-5-11-15-12-8-10-14-9-6-7-13-16(14)17-15/h6-10,12-13H,2-5,11H2,1H3. The van der Waals surface area contributed by atoms with Crippen LogP contribution in [0.5, 0.6) is 0 Å². The third-order valence-electron chi connectivity index (χ3n) is 2.99. The van der Waals surface area contributed by atoms with Gasteiger partial charge in [0.15, 0.2) is 0 Å². The van der Waals surface area contributed by atoms with Crippen molar-refractivity contribution < 1.29 is 0 Å². The summed E-state index contributed by atoms with van der Waals surface area (Å²) in [7, 11) is 0. The van der Waals surface area contributed by atoms with Crippen LogP contribution in [0, 0.1) is 0 Å². The van der Waals surface area contributed by atoms with Gasteiger partial charge >= 0.3 is 111 Å². The molecule has 0 aromatic heterocycles. The quantitative estimate of drug-likeness (QED) is 0.570. The first-order valence-corrected chi connectivity index (χ1v) is 8.25. The van der Waals surface area contributed by atoms with E-state index in [1.165, 1.54) is 42.1 Å². The van der Waals surface area contributed by atoms with Crippen LogP contribution in [0.3, 0.4) is 0 Å². The first-order valence-electron chi connectivity index (χ1n) is 6.54. The second-order valence-electron chi connectivity index (χ2n) is 4.44. The Balaban J connectivity index is 1.94. The number of hydrogen-bond acceptors (Lipinski definition) is 0. The van der Waals surface area contributed by atoms with E-state index in [1.807, 2.05) is 0 Å². The molecule has 0 atom stereocenters. The van der Waals surface area contributed by atoms with E-state index in [0.29, 0.717) is 15.0 Å². The van der Waals surface area contributed by atoms with E-state index in [-0.39, 0.29) is 0 Å². The van der Waals surface area contributed by atoms with Crippen molar-refractivity contribution in [3.63, 3.8) is 0 Å². The van der Waals surface area contributed by atoms with Gasteiger partial charge in [0, 0.05) is 0 Å². The maximum absolute atomic E-state index is 2.34. The molecule has 0 bridgehead atoms. The van der Waals surface area contributed by atoms with Gasteiger partial charge in [-0.1, -0.05) is 0 Å². The second kappa shape index (κ2) is 6.83. The Labute approximate surface area is 111 Å². The summed E-state index contributed by atoms with van der Waals surface area (Å²) in [6, 6.07) is 8.80. The molecule has 0 N–H and O–H groups in total. The van der Waals surface area contributed by atoms with Crippen LogP contribution in [0.1, 0.15) is 44.6 Å². The van der Waals surface area contributed by atoms with Crippen LogP contribution in [0.25, 0.3) is 6.08 Å². The van der Waals surface area contributed by atoms with Gasteiger partial charge in [-0.05, 0) is 0 Å². The van der Waals surface area contributed by atoms with Gasteiger partial charge in [-0.3, -0.25) is 0 Å². The molecule has 1 aliphatic rings. The fourth-order valence-corrected chi connectivity index (χ4v) is 4.26. The zero-order chi connectivity index (χ0) is 11.9. The molecule has 0 spiro atoms. The van der Waals surface area contributed by atoms with Gasteiger partial charge in [-0.15, -0.1) is 0 Å². The average Bonchev–Trinajstić information content (AvgIpc) is 2.56. The van der Waals surface area contributed by atoms with Crippen LogP contribution in [-0.2, 0) is 0 Å². The van der Waals surface area contributed by atoms with Gasteiger partial charge in [-0.25, -0.2) is 0 Å². The predicted molar refractivity (Wildman–Crippen MR) is 77.7 cm³/mol. The molecule has 0 saturated carbocycles. The molecule has 1 aromatic rings. The SMILES string of the molecule is CCCCCCC1=CC=Cc2ccccc2[Se]1. The molecule has 0 radical (unpaired) electrons. The molecule has 0 amide bonds. The molecule has 1 aromatic carbocycles. The maximum atomic E-state index is 2.34. The van der Waals surface area contributed by atoms with E-state index in [2.05, 4.69) is 49.4 Å². The Bertz CT molecular complexity index is 415. The molecule has 0 unspecified atom stereocenters. The average molecular weight is 291 g/mol. The molecule has 17 heavy (non-hydrogen) atoms. The van der Waals surface area contributed by atoms with E-state index in [4.69, 9.17) is 0 Å². The molecule has 0 nitrogen and oxygen atoms in total. The molecule has 2 rings (SSSR count). The summed E-state index contributed by atoms with van der Waals surface area (Å²) in [6.45, 7) is 2.27. The number of unbranched alkanes of at least 4 members (excludes halogenated alkanes) is 3. The molecule has 0 aliphatic carbocycles. The van der Waals surface area contributed by atoms with Gasteiger partial charge in [0.25, 0.3) is 0 Å². The van der Waals surface area contributed by atoms with Gasteiger partial charge < -0.3 is 0 Å². The van der Waals surface area contributed by atoms with Crippen molar-refractivity contribution in [1.82, 2.24) is 0 Å². The first kappa shape index (κ1) is 12.7. The van der Waals surface area contributed by atoms with Gasteiger partial charge in [0.1, 0.15) is 0 Å². The minimum atomic E-state index is 0.534. The van der Waals surface area contributed by atoms with Crippen molar-refractivity contribution in [2.75, 3.05) is 0 Å². The molecular weight excluding hydrogens is 271 g/mol. The third kappa shape index (κ3) is 3.87. The van der Waals surface area contributed by atoms with Gasteiger partial charge in [0.05, 0.1) is 0 Å². The van der Waals surface area contributed by atoms with Crippen LogP contribution < -0.4 is 4.46 Å². The van der Waals surface area contributed by atoms with Gasteiger partial charge in [0.2, 0.25) is 0 Å². The van der Waals surface area contributed by atoms with E-state index in [9.17, 15) is 0 Å². The Hall–Kier alpha value is -0.781. The first-order chi connectivity index (χ1) is 8.40. The van der Waals surface area contributed by atoms with E-state index >= 15 is 0 Å². The van der Waals surface area contributed by atoms with E-state index in [1.54, 1.807) is 4.47 Å². The summed E-state index contributed by atoms with van der Waals surface area (Å²) in [5.41, 5.74) is 1.41. The number of fused-ring (bicyclic) bond motifs is 1. The van der Waals surface area contributed by atoms with Crippen LogP contribution in [0.2, 0.25) is 0 Å². The van der Waals surface area contributed by atoms with E-state index in [0.717, 1.165) is 0 Å². The molecule has 90 valence electrons. The molecular formula is C16H20Se. The van der Waals surface area contributed by atoms with Crippen molar-refractivity contribution in [1.29, 1.82) is 0 Å². The predicted octanol–water partition coefficient (Wildman–Crippen LogP) is 3.90. The summed E-state index contributed by atoms with van der Waals surface area (Å²) in [5.74, 6) is 0. The molecule has 1 aliphatic heterocycles. The summed E-state index contributed by atoms with van der Waals surface area (Å²) in [5, 5.41) is 0.